The Kier molecular flexibility index (Phi) is 4.69. The number of sulfone groups is 1. The van der Waals surface area contributed by atoms with Crippen LogP contribution in [0.2, 0.25) is 0 Å². The smallest absolute Gasteiger partial charge is 0.196 e. The van der Waals surface area contributed by atoms with Crippen LogP contribution in [-0.2, 0) is 9.84 Å². The summed E-state index contributed by atoms with van der Waals surface area (Å²) >= 11 is 0. The highest BCUT2D eigenvalue weighted by atomic mass is 32.2. The van der Waals surface area contributed by atoms with Crippen molar-refractivity contribution in [3.05, 3.63) is 11.9 Å². The zero-order chi connectivity index (χ0) is 16.5. The molecule has 2 heterocycles. The summed E-state index contributed by atoms with van der Waals surface area (Å²) in [5, 5.41) is 15.9. The van der Waals surface area contributed by atoms with Crippen LogP contribution in [0, 0.1) is 0 Å². The van der Waals surface area contributed by atoms with Crippen molar-refractivity contribution in [1.29, 1.82) is 0 Å². The SMILES string of the molecule is CCC(CC)Nc1cc(S(C)(=O)=O)c2nnc(C(C)C)n2n1. The normalized spacial score (nSPS) is 12.5. The van der Waals surface area contributed by atoms with Crippen LogP contribution in [0.5, 0.6) is 0 Å². The first-order chi connectivity index (χ1) is 10.3. The van der Waals surface area contributed by atoms with Crippen molar-refractivity contribution in [3.8, 4) is 0 Å². The van der Waals surface area contributed by atoms with Gasteiger partial charge in [0.2, 0.25) is 0 Å². The molecule has 0 fully saturated rings. The minimum Gasteiger partial charge on any atom is -0.366 e. The van der Waals surface area contributed by atoms with Gasteiger partial charge >= 0.3 is 0 Å². The molecule has 0 unspecified atom stereocenters. The second-order valence-corrected chi connectivity index (χ2v) is 7.76. The minimum absolute atomic E-state index is 0.0957. The van der Waals surface area contributed by atoms with Crippen LogP contribution in [0.1, 0.15) is 52.3 Å². The molecule has 0 saturated heterocycles. The highest BCUT2D eigenvalue weighted by Gasteiger charge is 2.21. The van der Waals surface area contributed by atoms with Gasteiger partial charge in [-0.2, -0.15) is 4.52 Å². The lowest BCUT2D eigenvalue weighted by Gasteiger charge is -2.16. The summed E-state index contributed by atoms with van der Waals surface area (Å²) in [7, 11) is -3.42. The van der Waals surface area contributed by atoms with E-state index in [-0.39, 0.29) is 22.5 Å². The van der Waals surface area contributed by atoms with E-state index < -0.39 is 9.84 Å². The van der Waals surface area contributed by atoms with Gasteiger partial charge in [0.25, 0.3) is 0 Å². The van der Waals surface area contributed by atoms with E-state index in [9.17, 15) is 8.42 Å². The van der Waals surface area contributed by atoms with Crippen LogP contribution in [-0.4, -0.2) is 40.5 Å². The molecule has 0 aliphatic carbocycles. The maximum absolute atomic E-state index is 12.1. The standard InChI is InChI=1S/C14H23N5O2S/c1-6-10(7-2)15-12-8-11(22(5,20)21)14-17-16-13(9(3)4)19(14)18-12/h8-10H,6-7H2,1-5H3,(H,15,18). The molecule has 0 atom stereocenters. The molecule has 2 aromatic heterocycles. The molecule has 0 saturated carbocycles. The first-order valence-electron chi connectivity index (χ1n) is 7.50. The average molecular weight is 325 g/mol. The number of hydrogen-bond donors (Lipinski definition) is 1. The van der Waals surface area contributed by atoms with Crippen molar-refractivity contribution in [1.82, 2.24) is 19.8 Å². The van der Waals surface area contributed by atoms with Gasteiger partial charge in [0.15, 0.2) is 21.3 Å². The molecule has 0 aliphatic rings. The van der Waals surface area contributed by atoms with Crippen molar-refractivity contribution < 1.29 is 8.42 Å². The number of aromatic nitrogens is 4. The lowest BCUT2D eigenvalue weighted by molar-refractivity contribution is 0.601. The predicted octanol–water partition coefficient (Wildman–Crippen LogP) is 2.25. The van der Waals surface area contributed by atoms with Gasteiger partial charge in [0.1, 0.15) is 10.7 Å². The quantitative estimate of drug-likeness (QED) is 0.876. The molecule has 0 spiro atoms. The van der Waals surface area contributed by atoms with Gasteiger partial charge in [-0.25, -0.2) is 8.42 Å². The maximum atomic E-state index is 12.1. The molecule has 2 aromatic rings. The van der Waals surface area contributed by atoms with Crippen molar-refractivity contribution in [3.63, 3.8) is 0 Å². The number of hydrogen-bond acceptors (Lipinski definition) is 6. The molecule has 0 aliphatic heterocycles. The van der Waals surface area contributed by atoms with E-state index in [0.29, 0.717) is 11.6 Å². The molecule has 7 nitrogen and oxygen atoms in total. The van der Waals surface area contributed by atoms with Gasteiger partial charge in [-0.05, 0) is 12.8 Å². The van der Waals surface area contributed by atoms with Crippen molar-refractivity contribution in [2.45, 2.75) is 57.4 Å². The molecule has 2 rings (SSSR count). The fourth-order valence-corrected chi connectivity index (χ4v) is 3.06. The highest BCUT2D eigenvalue weighted by Crippen LogP contribution is 2.22. The summed E-state index contributed by atoms with van der Waals surface area (Å²) in [6.07, 6.45) is 3.04. The Morgan fingerprint density at radius 3 is 2.36 bits per heavy atom. The molecule has 1 N–H and O–H groups in total. The van der Waals surface area contributed by atoms with Crippen LogP contribution < -0.4 is 5.32 Å². The zero-order valence-corrected chi connectivity index (χ0v) is 14.5. The highest BCUT2D eigenvalue weighted by molar-refractivity contribution is 7.91. The van der Waals surface area contributed by atoms with Gasteiger partial charge in [-0.15, -0.1) is 15.3 Å². The van der Waals surface area contributed by atoms with Crippen LogP contribution in [0.25, 0.3) is 5.65 Å². The molecular weight excluding hydrogens is 302 g/mol. The van der Waals surface area contributed by atoms with Crippen LogP contribution >= 0.6 is 0 Å². The molecule has 0 bridgehead atoms. The van der Waals surface area contributed by atoms with Gasteiger partial charge in [0.05, 0.1) is 0 Å². The Morgan fingerprint density at radius 1 is 1.23 bits per heavy atom. The summed E-state index contributed by atoms with van der Waals surface area (Å²) in [6, 6.07) is 1.79. The van der Waals surface area contributed by atoms with Gasteiger partial charge < -0.3 is 5.32 Å². The topological polar surface area (TPSA) is 89.2 Å². The van der Waals surface area contributed by atoms with Crippen molar-refractivity contribution in [2.75, 3.05) is 11.6 Å². The second kappa shape index (κ2) is 6.20. The first-order valence-corrected chi connectivity index (χ1v) is 9.40. The molecule has 122 valence electrons. The fourth-order valence-electron chi connectivity index (χ4n) is 2.27. The summed E-state index contributed by atoms with van der Waals surface area (Å²) < 4.78 is 25.7. The second-order valence-electron chi connectivity index (χ2n) is 5.77. The number of anilines is 1. The number of nitrogens with one attached hydrogen (secondary N) is 1. The van der Waals surface area contributed by atoms with E-state index in [1.165, 1.54) is 10.8 Å². The minimum atomic E-state index is -3.42. The molecule has 0 radical (unpaired) electrons. The summed E-state index contributed by atoms with van der Waals surface area (Å²) in [4.78, 5) is 0.148. The average Bonchev–Trinajstić information content (AvgIpc) is 2.86. The Hall–Kier alpha value is -1.70. The Morgan fingerprint density at radius 2 is 1.86 bits per heavy atom. The number of rotatable bonds is 6. The van der Waals surface area contributed by atoms with Crippen LogP contribution in [0.15, 0.2) is 11.0 Å². The van der Waals surface area contributed by atoms with E-state index in [4.69, 9.17) is 0 Å². The largest absolute Gasteiger partial charge is 0.366 e. The van der Waals surface area contributed by atoms with Gasteiger partial charge in [-0.3, -0.25) is 0 Å². The van der Waals surface area contributed by atoms with E-state index in [2.05, 4.69) is 34.5 Å². The van der Waals surface area contributed by atoms with E-state index in [1.807, 2.05) is 13.8 Å². The summed E-state index contributed by atoms with van der Waals surface area (Å²) in [6.45, 7) is 8.10. The summed E-state index contributed by atoms with van der Waals surface area (Å²) in [5.74, 6) is 1.27. The predicted molar refractivity (Wildman–Crippen MR) is 86.0 cm³/mol. The lowest BCUT2D eigenvalue weighted by Crippen LogP contribution is -2.19. The third-order valence-electron chi connectivity index (χ3n) is 3.61. The van der Waals surface area contributed by atoms with Gasteiger partial charge in [-0.1, -0.05) is 27.7 Å². The fraction of sp³-hybridized carbons (Fsp3) is 0.643. The van der Waals surface area contributed by atoms with Crippen LogP contribution in [0.4, 0.5) is 5.82 Å². The molecule has 8 heteroatoms. The zero-order valence-electron chi connectivity index (χ0n) is 13.7. The van der Waals surface area contributed by atoms with E-state index in [1.54, 1.807) is 6.07 Å². The van der Waals surface area contributed by atoms with E-state index in [0.717, 1.165) is 12.8 Å². The third-order valence-corrected chi connectivity index (χ3v) is 4.71. The lowest BCUT2D eigenvalue weighted by atomic mass is 10.2. The van der Waals surface area contributed by atoms with Gasteiger partial charge in [0, 0.05) is 24.3 Å². The van der Waals surface area contributed by atoms with Crippen molar-refractivity contribution in [2.24, 2.45) is 0 Å². The first kappa shape index (κ1) is 16.7. The summed E-state index contributed by atoms with van der Waals surface area (Å²) in [5.41, 5.74) is 0.279. The monoisotopic (exact) mass is 325 g/mol. The van der Waals surface area contributed by atoms with E-state index >= 15 is 0 Å². The molecular formula is C14H23N5O2S. The molecule has 0 amide bonds. The molecule has 0 aromatic carbocycles. The number of fused-ring (bicyclic) bond motifs is 1. The van der Waals surface area contributed by atoms with Crippen LogP contribution in [0.3, 0.4) is 0 Å². The van der Waals surface area contributed by atoms with Crippen molar-refractivity contribution >= 4 is 21.3 Å². The Labute approximate surface area is 131 Å². The Bertz CT molecular complexity index is 763. The third kappa shape index (κ3) is 3.21. The Balaban J connectivity index is 2.66. The number of nitrogens with zero attached hydrogens (tertiary/aromatic N) is 4. The molecule has 22 heavy (non-hydrogen) atoms. The maximum Gasteiger partial charge on any atom is 0.196 e.